The molecule has 0 aliphatic rings. The van der Waals surface area contributed by atoms with Gasteiger partial charge in [0.2, 0.25) is 5.91 Å². The van der Waals surface area contributed by atoms with Crippen molar-refractivity contribution in [1.82, 2.24) is 5.32 Å². The smallest absolute Gasteiger partial charge is 0.305 e. The summed E-state index contributed by atoms with van der Waals surface area (Å²) in [4.78, 5) is 24.6. The highest BCUT2D eigenvalue weighted by Crippen LogP contribution is 2.18. The van der Waals surface area contributed by atoms with Gasteiger partial charge >= 0.3 is 5.97 Å². The number of aliphatic hydroxyl groups is 2. The molecule has 1 amide bonds. The monoisotopic (exact) mass is 1080 g/mol. The number of ether oxygens (including phenoxy) is 1. The van der Waals surface area contributed by atoms with E-state index in [1.54, 1.807) is 6.08 Å². The molecule has 0 heterocycles. The van der Waals surface area contributed by atoms with Crippen LogP contribution in [0.1, 0.15) is 380 Å². The quantitative estimate of drug-likeness (QED) is 0.0320. The molecule has 0 aromatic heterocycles. The Morgan fingerprint density at radius 1 is 0.351 bits per heavy atom. The summed E-state index contributed by atoms with van der Waals surface area (Å²) in [7, 11) is 0. The van der Waals surface area contributed by atoms with Gasteiger partial charge in [-0.25, -0.2) is 0 Å². The molecule has 0 aromatic rings. The Kier molecular flexibility index (Phi) is 64.9. The molecule has 6 heteroatoms. The van der Waals surface area contributed by atoms with Crippen LogP contribution in [0, 0.1) is 0 Å². The van der Waals surface area contributed by atoms with Crippen molar-refractivity contribution in [2.45, 2.75) is 392 Å². The zero-order valence-electron chi connectivity index (χ0n) is 52.0. The maximum atomic E-state index is 12.5. The molecule has 0 aliphatic carbocycles. The van der Waals surface area contributed by atoms with Gasteiger partial charge in [-0.1, -0.05) is 320 Å². The van der Waals surface area contributed by atoms with E-state index in [-0.39, 0.29) is 18.5 Å². The van der Waals surface area contributed by atoms with E-state index in [9.17, 15) is 19.8 Å². The van der Waals surface area contributed by atoms with E-state index >= 15 is 0 Å². The lowest BCUT2D eigenvalue weighted by molar-refractivity contribution is -0.143. The zero-order chi connectivity index (χ0) is 55.7. The number of unbranched alkanes of at least 4 members (excludes halogenated alkanes) is 50. The van der Waals surface area contributed by atoms with Gasteiger partial charge in [0.1, 0.15) is 0 Å². The second kappa shape index (κ2) is 66.6. The van der Waals surface area contributed by atoms with Crippen molar-refractivity contribution < 1.29 is 24.5 Å². The Morgan fingerprint density at radius 2 is 0.610 bits per heavy atom. The summed E-state index contributed by atoms with van der Waals surface area (Å²) in [5.74, 6) is -0.0776. The van der Waals surface area contributed by atoms with E-state index < -0.39 is 12.1 Å². The van der Waals surface area contributed by atoms with Crippen molar-refractivity contribution in [1.29, 1.82) is 0 Å². The number of rotatable bonds is 65. The molecule has 0 rings (SSSR count). The topological polar surface area (TPSA) is 95.9 Å². The summed E-state index contributed by atoms with van der Waals surface area (Å²) in [6.45, 7) is 4.92. The fourth-order valence-corrected chi connectivity index (χ4v) is 10.8. The number of carbonyl (C=O) groups is 2. The molecule has 0 spiro atoms. The van der Waals surface area contributed by atoms with Crippen molar-refractivity contribution in [2.24, 2.45) is 0 Å². The molecule has 0 aromatic carbocycles. The van der Waals surface area contributed by atoms with Crippen LogP contribution in [-0.2, 0) is 14.3 Å². The average Bonchev–Trinajstić information content (AvgIpc) is 3.43. The lowest BCUT2D eigenvalue weighted by atomic mass is 10.0. The number of aliphatic hydroxyl groups excluding tert-OH is 2. The van der Waals surface area contributed by atoms with Crippen LogP contribution in [0.3, 0.4) is 0 Å². The highest BCUT2D eigenvalue weighted by atomic mass is 16.5. The minimum atomic E-state index is -0.853. The van der Waals surface area contributed by atoms with E-state index in [2.05, 4.69) is 43.5 Å². The number of allylic oxidation sites excluding steroid dienone is 5. The summed E-state index contributed by atoms with van der Waals surface area (Å²) < 4.78 is 5.48. The second-order valence-electron chi connectivity index (χ2n) is 23.9. The highest BCUT2D eigenvalue weighted by molar-refractivity contribution is 5.76. The lowest BCUT2D eigenvalue weighted by Gasteiger charge is -2.20. The molecule has 0 saturated heterocycles. The molecule has 2 unspecified atom stereocenters. The number of hydrogen-bond donors (Lipinski definition) is 3. The zero-order valence-corrected chi connectivity index (χ0v) is 52.0. The van der Waals surface area contributed by atoms with Gasteiger partial charge in [-0.3, -0.25) is 9.59 Å². The largest absolute Gasteiger partial charge is 0.466 e. The Balaban J connectivity index is 3.46. The van der Waals surface area contributed by atoms with Gasteiger partial charge in [0, 0.05) is 12.8 Å². The van der Waals surface area contributed by atoms with E-state index in [0.29, 0.717) is 19.4 Å². The molecular formula is C71H135NO5. The lowest BCUT2D eigenvalue weighted by Crippen LogP contribution is -2.45. The van der Waals surface area contributed by atoms with Crippen LogP contribution in [0.15, 0.2) is 36.5 Å². The van der Waals surface area contributed by atoms with Crippen LogP contribution in [0.5, 0.6) is 0 Å². The van der Waals surface area contributed by atoms with Gasteiger partial charge in [-0.2, -0.15) is 0 Å². The van der Waals surface area contributed by atoms with E-state index in [1.165, 1.54) is 302 Å². The van der Waals surface area contributed by atoms with Gasteiger partial charge in [0.05, 0.1) is 25.4 Å². The summed E-state index contributed by atoms with van der Waals surface area (Å²) in [5.41, 5.74) is 0. The molecule has 2 atom stereocenters. The normalized spacial score (nSPS) is 12.7. The molecule has 6 nitrogen and oxygen atoms in total. The molecular weight excluding hydrogens is 947 g/mol. The standard InChI is InChI=1S/C71H135NO5/c1-3-5-7-9-11-13-15-17-19-21-22-23-24-25-26-27-29-32-35-39-43-47-51-55-59-63-69(74)68(67-73)72-70(75)64-60-56-52-48-44-40-36-33-30-28-31-34-38-42-46-50-54-58-62-66-77-71(76)65-61-57-53-49-45-41-37-20-18-16-14-12-10-8-6-4-2/h20,28,30,37,59,63,68-69,73-74H,3-19,21-27,29,31-36,38-58,60-62,64-67H2,1-2H3,(H,72,75)/b30-28-,37-20-,63-59+. The number of hydrogen-bond acceptors (Lipinski definition) is 5. The van der Waals surface area contributed by atoms with Gasteiger partial charge in [0.25, 0.3) is 0 Å². The van der Waals surface area contributed by atoms with Crippen molar-refractivity contribution >= 4 is 11.9 Å². The molecule has 77 heavy (non-hydrogen) atoms. The van der Waals surface area contributed by atoms with Crippen LogP contribution in [-0.4, -0.2) is 47.4 Å². The maximum absolute atomic E-state index is 12.5. The molecule has 3 N–H and O–H groups in total. The van der Waals surface area contributed by atoms with Crippen LogP contribution in [0.25, 0.3) is 0 Å². The summed E-state index contributed by atoms with van der Waals surface area (Å²) in [5, 5.41) is 23.3. The first-order valence-electron chi connectivity index (χ1n) is 34.8. The third-order valence-electron chi connectivity index (χ3n) is 16.1. The summed E-state index contributed by atoms with van der Waals surface area (Å²) >= 11 is 0. The first kappa shape index (κ1) is 75.1. The van der Waals surface area contributed by atoms with Crippen molar-refractivity contribution in [3.05, 3.63) is 36.5 Å². The van der Waals surface area contributed by atoms with E-state index in [0.717, 1.165) is 51.4 Å². The number of carbonyl (C=O) groups excluding carboxylic acids is 2. The third-order valence-corrected chi connectivity index (χ3v) is 16.1. The second-order valence-corrected chi connectivity index (χ2v) is 23.9. The third kappa shape index (κ3) is 63.1. The predicted molar refractivity (Wildman–Crippen MR) is 338 cm³/mol. The highest BCUT2D eigenvalue weighted by Gasteiger charge is 2.18. The number of esters is 1. The first-order valence-corrected chi connectivity index (χ1v) is 34.8. The Morgan fingerprint density at radius 3 is 0.922 bits per heavy atom. The van der Waals surface area contributed by atoms with Gasteiger partial charge < -0.3 is 20.3 Å². The molecule has 0 aliphatic heterocycles. The van der Waals surface area contributed by atoms with Crippen molar-refractivity contribution in [2.75, 3.05) is 13.2 Å². The first-order chi connectivity index (χ1) is 38.0. The molecule has 0 bridgehead atoms. The van der Waals surface area contributed by atoms with E-state index in [1.807, 2.05) is 6.08 Å². The van der Waals surface area contributed by atoms with Gasteiger partial charge in [-0.05, 0) is 83.5 Å². The van der Waals surface area contributed by atoms with Crippen molar-refractivity contribution in [3.63, 3.8) is 0 Å². The fourth-order valence-electron chi connectivity index (χ4n) is 10.8. The maximum Gasteiger partial charge on any atom is 0.305 e. The SMILES string of the molecule is CCCCCCCCC/C=C\CCCCCCCC(=O)OCCCCCCCCCC/C=C\CCCCCCCCCC(=O)NC(CO)C(O)/C=C/CCCCCCCCCCCCCCCCCCCCCCCCC. The minimum absolute atomic E-state index is 0.00354. The summed E-state index contributed by atoms with van der Waals surface area (Å²) in [6, 6.07) is -0.637. The number of amides is 1. The Labute approximate surface area is 481 Å². The Bertz CT molecular complexity index is 1250. The van der Waals surface area contributed by atoms with Gasteiger partial charge in [0.15, 0.2) is 0 Å². The minimum Gasteiger partial charge on any atom is -0.466 e. The molecule has 454 valence electrons. The van der Waals surface area contributed by atoms with E-state index in [4.69, 9.17) is 4.74 Å². The molecule has 0 fully saturated rings. The van der Waals surface area contributed by atoms with Crippen LogP contribution >= 0.6 is 0 Å². The fraction of sp³-hybridized carbons (Fsp3) is 0.887. The van der Waals surface area contributed by atoms with Crippen LogP contribution in [0.4, 0.5) is 0 Å². The Hall–Kier alpha value is -1.92. The van der Waals surface area contributed by atoms with Crippen LogP contribution < -0.4 is 5.32 Å². The average molecular weight is 1080 g/mol. The van der Waals surface area contributed by atoms with Crippen molar-refractivity contribution in [3.8, 4) is 0 Å². The predicted octanol–water partition coefficient (Wildman–Crippen LogP) is 22.3. The van der Waals surface area contributed by atoms with Gasteiger partial charge in [-0.15, -0.1) is 0 Å². The molecule has 0 saturated carbocycles. The summed E-state index contributed by atoms with van der Waals surface area (Å²) in [6.07, 6.45) is 84.9. The number of nitrogens with one attached hydrogen (secondary N) is 1. The van der Waals surface area contributed by atoms with Crippen LogP contribution in [0.2, 0.25) is 0 Å². The molecule has 0 radical (unpaired) electrons.